The van der Waals surface area contributed by atoms with Gasteiger partial charge in [-0.3, -0.25) is 0 Å². The minimum absolute atomic E-state index is 0.0407. The average Bonchev–Trinajstić information content (AvgIpc) is 2.47. The maximum Gasteiger partial charge on any atom is 0.157 e. The lowest BCUT2D eigenvalue weighted by atomic mass is 10.2. The van der Waals surface area contributed by atoms with Gasteiger partial charge in [-0.05, 0) is 42.3 Å². The van der Waals surface area contributed by atoms with Gasteiger partial charge in [0.2, 0.25) is 0 Å². The fourth-order valence-corrected chi connectivity index (χ4v) is 3.18. The molecule has 0 saturated carbocycles. The molecule has 0 radical (unpaired) electrons. The van der Waals surface area contributed by atoms with Crippen LogP contribution in [0.2, 0.25) is 0 Å². The van der Waals surface area contributed by atoms with Gasteiger partial charge in [-0.15, -0.1) is 0 Å². The summed E-state index contributed by atoms with van der Waals surface area (Å²) in [5, 5.41) is 8.72. The number of ether oxygens (including phenoxy) is 1. The highest BCUT2D eigenvalue weighted by molar-refractivity contribution is 7.90. The highest BCUT2D eigenvalue weighted by Gasteiger charge is 2.12. The van der Waals surface area contributed by atoms with E-state index in [1.165, 1.54) is 0 Å². The summed E-state index contributed by atoms with van der Waals surface area (Å²) < 4.78 is 29.6. The van der Waals surface area contributed by atoms with Crippen LogP contribution in [-0.4, -0.2) is 20.8 Å². The quantitative estimate of drug-likeness (QED) is 0.822. The fourth-order valence-electron chi connectivity index (χ4n) is 1.99. The minimum atomic E-state index is -3.24. The van der Waals surface area contributed by atoms with Crippen LogP contribution in [0.3, 0.4) is 0 Å². The van der Waals surface area contributed by atoms with Crippen molar-refractivity contribution in [2.45, 2.75) is 12.7 Å². The summed E-state index contributed by atoms with van der Waals surface area (Å²) in [6.07, 6.45) is 0. The number of sulfone groups is 1. The van der Waals surface area contributed by atoms with Crippen molar-refractivity contribution in [1.82, 2.24) is 0 Å². The SMILES string of the molecule is Cc1cccc(OCCS(=O)(=O)Cc2ccc(C#N)cc2)c1. The van der Waals surface area contributed by atoms with Crippen molar-refractivity contribution >= 4 is 9.84 Å². The van der Waals surface area contributed by atoms with Crippen LogP contribution in [0.4, 0.5) is 0 Å². The summed E-state index contributed by atoms with van der Waals surface area (Å²) in [7, 11) is -3.24. The second-order valence-corrected chi connectivity index (χ2v) is 7.25. The number of nitriles is 1. The van der Waals surface area contributed by atoms with Gasteiger partial charge in [0.25, 0.3) is 0 Å². The maximum absolute atomic E-state index is 12.1. The van der Waals surface area contributed by atoms with E-state index in [4.69, 9.17) is 10.00 Å². The molecule has 4 nitrogen and oxygen atoms in total. The molecule has 0 unspecified atom stereocenters. The largest absolute Gasteiger partial charge is 0.493 e. The summed E-state index contributed by atoms with van der Waals surface area (Å²) in [4.78, 5) is 0. The van der Waals surface area contributed by atoms with E-state index in [1.54, 1.807) is 30.3 Å². The molecule has 0 amide bonds. The van der Waals surface area contributed by atoms with Crippen molar-refractivity contribution in [2.24, 2.45) is 0 Å². The van der Waals surface area contributed by atoms with E-state index in [0.29, 0.717) is 16.9 Å². The smallest absolute Gasteiger partial charge is 0.157 e. The molecule has 0 spiro atoms. The molecule has 0 bridgehead atoms. The van der Waals surface area contributed by atoms with Gasteiger partial charge >= 0.3 is 0 Å². The third-order valence-electron chi connectivity index (χ3n) is 3.12. The van der Waals surface area contributed by atoms with Crippen molar-refractivity contribution < 1.29 is 13.2 Å². The number of hydrogen-bond donors (Lipinski definition) is 0. The lowest BCUT2D eigenvalue weighted by Crippen LogP contribution is -2.16. The Hall–Kier alpha value is -2.32. The van der Waals surface area contributed by atoms with Crippen LogP contribution in [0.25, 0.3) is 0 Å². The molecule has 2 aromatic rings. The summed E-state index contributed by atoms with van der Waals surface area (Å²) in [5.41, 5.74) is 2.26. The van der Waals surface area contributed by atoms with E-state index in [0.717, 1.165) is 5.56 Å². The number of nitrogens with zero attached hydrogens (tertiary/aromatic N) is 1. The molecule has 0 fully saturated rings. The molecule has 0 atom stereocenters. The Bertz CT molecular complexity index is 774. The summed E-state index contributed by atoms with van der Waals surface area (Å²) in [6, 6.07) is 16.1. The highest BCUT2D eigenvalue weighted by Crippen LogP contribution is 2.13. The molecule has 114 valence electrons. The van der Waals surface area contributed by atoms with Gasteiger partial charge in [-0.25, -0.2) is 8.42 Å². The first-order chi connectivity index (χ1) is 10.5. The first-order valence-corrected chi connectivity index (χ1v) is 8.69. The van der Waals surface area contributed by atoms with Gasteiger partial charge < -0.3 is 4.74 Å². The molecule has 22 heavy (non-hydrogen) atoms. The predicted molar refractivity (Wildman–Crippen MR) is 85.3 cm³/mol. The Morgan fingerprint density at radius 2 is 1.86 bits per heavy atom. The summed E-state index contributed by atoms with van der Waals surface area (Å²) in [6.45, 7) is 2.08. The van der Waals surface area contributed by atoms with Crippen LogP contribution in [0, 0.1) is 18.3 Å². The topological polar surface area (TPSA) is 67.2 Å². The van der Waals surface area contributed by atoms with Crippen LogP contribution < -0.4 is 4.74 Å². The molecule has 5 heteroatoms. The molecular formula is C17H17NO3S. The standard InChI is InChI=1S/C17H17NO3S/c1-14-3-2-4-17(11-14)21-9-10-22(19,20)13-16-7-5-15(12-18)6-8-16/h2-8,11H,9-10,13H2,1H3. The summed E-state index contributed by atoms with van der Waals surface area (Å²) in [5.74, 6) is 0.588. The zero-order valence-electron chi connectivity index (χ0n) is 12.3. The van der Waals surface area contributed by atoms with Gasteiger partial charge in [0.1, 0.15) is 12.4 Å². The van der Waals surface area contributed by atoms with Crippen molar-refractivity contribution in [2.75, 3.05) is 12.4 Å². The van der Waals surface area contributed by atoms with Crippen LogP contribution in [0.1, 0.15) is 16.7 Å². The number of aryl methyl sites for hydroxylation is 1. The van der Waals surface area contributed by atoms with Crippen molar-refractivity contribution in [3.05, 3.63) is 65.2 Å². The van der Waals surface area contributed by atoms with Crippen LogP contribution in [0.15, 0.2) is 48.5 Å². The molecule has 0 aliphatic heterocycles. The molecule has 2 rings (SSSR count). The fraction of sp³-hybridized carbons (Fsp3) is 0.235. The average molecular weight is 315 g/mol. The van der Waals surface area contributed by atoms with E-state index in [2.05, 4.69) is 0 Å². The molecule has 2 aromatic carbocycles. The molecule has 0 saturated heterocycles. The van der Waals surface area contributed by atoms with Crippen molar-refractivity contribution in [1.29, 1.82) is 5.26 Å². The van der Waals surface area contributed by atoms with Crippen LogP contribution in [-0.2, 0) is 15.6 Å². The third kappa shape index (κ3) is 4.90. The van der Waals surface area contributed by atoms with Gasteiger partial charge in [0.15, 0.2) is 9.84 Å². The van der Waals surface area contributed by atoms with Gasteiger partial charge in [0, 0.05) is 0 Å². The second-order valence-electron chi connectivity index (χ2n) is 5.07. The Morgan fingerprint density at radius 3 is 2.50 bits per heavy atom. The van der Waals surface area contributed by atoms with Crippen molar-refractivity contribution in [3.8, 4) is 11.8 Å². The first-order valence-electron chi connectivity index (χ1n) is 6.87. The monoisotopic (exact) mass is 315 g/mol. The summed E-state index contributed by atoms with van der Waals surface area (Å²) >= 11 is 0. The van der Waals surface area contributed by atoms with Gasteiger partial charge in [0.05, 0.1) is 23.1 Å². The molecule has 0 aliphatic rings. The Kier molecular flexibility index (Phi) is 5.18. The normalized spacial score (nSPS) is 10.9. The Labute approximate surface area is 130 Å². The zero-order chi connectivity index (χ0) is 16.0. The van der Waals surface area contributed by atoms with E-state index in [9.17, 15) is 8.42 Å². The lowest BCUT2D eigenvalue weighted by molar-refractivity contribution is 0.340. The molecule has 0 heterocycles. The molecular weight excluding hydrogens is 298 g/mol. The highest BCUT2D eigenvalue weighted by atomic mass is 32.2. The Morgan fingerprint density at radius 1 is 1.14 bits per heavy atom. The van der Waals surface area contributed by atoms with Gasteiger partial charge in [-0.1, -0.05) is 24.3 Å². The Balaban J connectivity index is 1.89. The number of benzene rings is 2. The van der Waals surface area contributed by atoms with Crippen LogP contribution in [0.5, 0.6) is 5.75 Å². The van der Waals surface area contributed by atoms with Crippen LogP contribution >= 0.6 is 0 Å². The zero-order valence-corrected chi connectivity index (χ0v) is 13.1. The van der Waals surface area contributed by atoms with Crippen molar-refractivity contribution in [3.63, 3.8) is 0 Å². The third-order valence-corrected chi connectivity index (χ3v) is 4.68. The van der Waals surface area contributed by atoms with Gasteiger partial charge in [-0.2, -0.15) is 5.26 Å². The molecule has 0 aliphatic carbocycles. The second kappa shape index (κ2) is 7.10. The first kappa shape index (κ1) is 16.1. The van der Waals surface area contributed by atoms with E-state index >= 15 is 0 Å². The maximum atomic E-state index is 12.1. The minimum Gasteiger partial charge on any atom is -0.493 e. The number of rotatable bonds is 6. The van der Waals surface area contributed by atoms with E-state index in [1.807, 2.05) is 31.2 Å². The number of hydrogen-bond acceptors (Lipinski definition) is 4. The van der Waals surface area contributed by atoms with E-state index < -0.39 is 9.84 Å². The van der Waals surface area contributed by atoms with E-state index in [-0.39, 0.29) is 18.1 Å². The molecule has 0 aromatic heterocycles. The molecule has 0 N–H and O–H groups in total. The lowest BCUT2D eigenvalue weighted by Gasteiger charge is -2.08. The predicted octanol–water partition coefficient (Wildman–Crippen LogP) is 2.86.